The highest BCUT2D eigenvalue weighted by atomic mass is 32.3. The topological polar surface area (TPSA) is 52.6 Å². The molecule has 152 valence electrons. The smallest absolute Gasteiger partial charge is 0.248 e. The van der Waals surface area contributed by atoms with Gasteiger partial charge in [0.05, 0.1) is 13.2 Å². The molecule has 0 saturated heterocycles. The van der Waals surface area contributed by atoms with E-state index in [1.165, 1.54) is 44.9 Å². The first-order valence-electron chi connectivity index (χ1n) is 10.6. The number of rotatable bonds is 19. The van der Waals surface area contributed by atoms with Crippen molar-refractivity contribution in [1.29, 1.82) is 0 Å². The van der Waals surface area contributed by atoms with E-state index in [9.17, 15) is 8.42 Å². The predicted octanol–water partition coefficient (Wildman–Crippen LogP) is 6.40. The summed E-state index contributed by atoms with van der Waals surface area (Å²) in [7, 11) is -3.82. The summed E-state index contributed by atoms with van der Waals surface area (Å²) >= 11 is 0. The first kappa shape index (κ1) is 24.9. The van der Waals surface area contributed by atoms with Crippen LogP contribution in [0.1, 0.15) is 111 Å². The Bertz CT molecular complexity index is 368. The Balaban J connectivity index is 3.71. The monoisotopic (exact) mass is 378 g/mol. The van der Waals surface area contributed by atoms with Crippen LogP contribution in [0.4, 0.5) is 0 Å². The van der Waals surface area contributed by atoms with E-state index in [1.54, 1.807) is 0 Å². The van der Waals surface area contributed by atoms with Crippen molar-refractivity contribution in [2.45, 2.75) is 111 Å². The maximum absolute atomic E-state index is 11.7. The lowest BCUT2D eigenvalue weighted by atomic mass is 9.98. The summed E-state index contributed by atoms with van der Waals surface area (Å²) in [6.07, 6.45) is 16.4. The molecule has 0 saturated carbocycles. The fourth-order valence-corrected chi connectivity index (χ4v) is 3.62. The van der Waals surface area contributed by atoms with E-state index in [0.717, 1.165) is 44.9 Å². The molecule has 0 bridgehead atoms. The van der Waals surface area contributed by atoms with E-state index in [4.69, 9.17) is 8.37 Å². The summed E-state index contributed by atoms with van der Waals surface area (Å²) in [4.78, 5) is 0. The minimum Gasteiger partial charge on any atom is -0.248 e. The molecule has 0 aromatic carbocycles. The van der Waals surface area contributed by atoms with Crippen molar-refractivity contribution >= 4 is 10.4 Å². The Morgan fingerprint density at radius 1 is 0.680 bits per heavy atom. The molecule has 0 fully saturated rings. The van der Waals surface area contributed by atoms with E-state index in [0.29, 0.717) is 5.92 Å². The van der Waals surface area contributed by atoms with Gasteiger partial charge in [0.25, 0.3) is 0 Å². The summed E-state index contributed by atoms with van der Waals surface area (Å²) in [5.41, 5.74) is 0. The van der Waals surface area contributed by atoms with Gasteiger partial charge in [-0.25, -0.2) is 8.37 Å². The molecule has 4 nitrogen and oxygen atoms in total. The summed E-state index contributed by atoms with van der Waals surface area (Å²) in [6.45, 7) is 6.95. The fraction of sp³-hybridized carbons (Fsp3) is 1.00. The molecule has 0 aromatic heterocycles. The Morgan fingerprint density at radius 2 is 1.20 bits per heavy atom. The van der Waals surface area contributed by atoms with Crippen molar-refractivity contribution in [2.75, 3.05) is 13.2 Å². The van der Waals surface area contributed by atoms with Gasteiger partial charge in [-0.05, 0) is 18.8 Å². The SMILES string of the molecule is CCCCCCCCCCC(CC)COS(=O)(=O)OCCCCCC. The number of unbranched alkanes of at least 4 members (excludes halogenated alkanes) is 10. The summed E-state index contributed by atoms with van der Waals surface area (Å²) in [6, 6.07) is 0. The normalized spacial score (nSPS) is 13.2. The van der Waals surface area contributed by atoms with Gasteiger partial charge in [-0.15, -0.1) is 0 Å². The lowest BCUT2D eigenvalue weighted by molar-refractivity contribution is 0.178. The molecule has 0 aromatic rings. The standard InChI is InChI=1S/C20H42O4S/c1-4-7-9-11-12-13-14-15-17-20(6-3)19-24-25(21,22)23-18-16-10-8-5-2/h20H,4-19H2,1-3H3. The molecule has 0 amide bonds. The van der Waals surface area contributed by atoms with Gasteiger partial charge in [-0.3, -0.25) is 0 Å². The van der Waals surface area contributed by atoms with E-state index >= 15 is 0 Å². The lowest BCUT2D eigenvalue weighted by Crippen LogP contribution is -2.17. The third-order valence-corrected chi connectivity index (χ3v) is 5.60. The van der Waals surface area contributed by atoms with Gasteiger partial charge in [-0.1, -0.05) is 97.8 Å². The third-order valence-electron chi connectivity index (χ3n) is 4.72. The average Bonchev–Trinajstić information content (AvgIpc) is 2.59. The molecule has 0 spiro atoms. The van der Waals surface area contributed by atoms with E-state index in [2.05, 4.69) is 20.8 Å². The van der Waals surface area contributed by atoms with Crippen LogP contribution in [0.2, 0.25) is 0 Å². The zero-order chi connectivity index (χ0) is 18.8. The largest absolute Gasteiger partial charge is 0.399 e. The van der Waals surface area contributed by atoms with Crippen LogP contribution in [-0.4, -0.2) is 21.6 Å². The van der Waals surface area contributed by atoms with Crippen molar-refractivity contribution in [3.8, 4) is 0 Å². The highest BCUT2D eigenvalue weighted by Crippen LogP contribution is 2.17. The highest BCUT2D eigenvalue weighted by molar-refractivity contribution is 7.81. The maximum atomic E-state index is 11.7. The minimum absolute atomic E-state index is 0.233. The van der Waals surface area contributed by atoms with Gasteiger partial charge in [0.15, 0.2) is 0 Å². The minimum atomic E-state index is -3.82. The Labute approximate surface area is 157 Å². The highest BCUT2D eigenvalue weighted by Gasteiger charge is 2.15. The third kappa shape index (κ3) is 17.1. The lowest BCUT2D eigenvalue weighted by Gasteiger charge is -2.14. The maximum Gasteiger partial charge on any atom is 0.399 e. The Hall–Kier alpha value is -0.130. The Morgan fingerprint density at radius 3 is 1.76 bits per heavy atom. The van der Waals surface area contributed by atoms with Gasteiger partial charge >= 0.3 is 10.4 Å². The van der Waals surface area contributed by atoms with Crippen molar-refractivity contribution in [3.05, 3.63) is 0 Å². The second-order valence-corrected chi connectivity index (χ2v) is 8.40. The van der Waals surface area contributed by atoms with Crippen LogP contribution in [0.25, 0.3) is 0 Å². The first-order valence-corrected chi connectivity index (χ1v) is 11.9. The molecule has 5 heteroatoms. The quantitative estimate of drug-likeness (QED) is 0.244. The number of hydrogen-bond acceptors (Lipinski definition) is 4. The van der Waals surface area contributed by atoms with E-state index < -0.39 is 10.4 Å². The van der Waals surface area contributed by atoms with Gasteiger partial charge in [0, 0.05) is 0 Å². The van der Waals surface area contributed by atoms with Crippen molar-refractivity contribution in [3.63, 3.8) is 0 Å². The average molecular weight is 379 g/mol. The molecular weight excluding hydrogens is 336 g/mol. The molecule has 1 unspecified atom stereocenters. The molecule has 0 heterocycles. The molecule has 0 radical (unpaired) electrons. The summed E-state index contributed by atoms with van der Waals surface area (Å²) < 4.78 is 33.5. The summed E-state index contributed by atoms with van der Waals surface area (Å²) in [5.74, 6) is 0.304. The van der Waals surface area contributed by atoms with E-state index in [-0.39, 0.29) is 13.2 Å². The predicted molar refractivity (Wildman–Crippen MR) is 106 cm³/mol. The van der Waals surface area contributed by atoms with Gasteiger partial charge in [0.2, 0.25) is 0 Å². The van der Waals surface area contributed by atoms with Crippen LogP contribution in [0.3, 0.4) is 0 Å². The van der Waals surface area contributed by atoms with Gasteiger partial charge < -0.3 is 0 Å². The first-order chi connectivity index (χ1) is 12.1. The molecule has 0 aliphatic carbocycles. The van der Waals surface area contributed by atoms with Crippen molar-refractivity contribution < 1.29 is 16.8 Å². The van der Waals surface area contributed by atoms with Gasteiger partial charge in [-0.2, -0.15) is 8.42 Å². The van der Waals surface area contributed by atoms with Gasteiger partial charge in [0.1, 0.15) is 0 Å². The molecule has 0 rings (SSSR count). The molecule has 0 aliphatic rings. The molecule has 25 heavy (non-hydrogen) atoms. The zero-order valence-electron chi connectivity index (χ0n) is 16.9. The van der Waals surface area contributed by atoms with Crippen LogP contribution in [0.15, 0.2) is 0 Å². The summed E-state index contributed by atoms with van der Waals surface area (Å²) in [5, 5.41) is 0. The molecule has 0 N–H and O–H groups in total. The zero-order valence-corrected chi connectivity index (χ0v) is 17.7. The van der Waals surface area contributed by atoms with Crippen LogP contribution in [-0.2, 0) is 18.8 Å². The van der Waals surface area contributed by atoms with Crippen LogP contribution >= 0.6 is 0 Å². The second-order valence-electron chi connectivity index (χ2n) is 7.11. The van der Waals surface area contributed by atoms with E-state index in [1.807, 2.05) is 0 Å². The Kier molecular flexibility index (Phi) is 17.2. The molecule has 0 aliphatic heterocycles. The molecular formula is C20H42O4S. The van der Waals surface area contributed by atoms with Crippen molar-refractivity contribution in [2.24, 2.45) is 5.92 Å². The van der Waals surface area contributed by atoms with Crippen LogP contribution in [0.5, 0.6) is 0 Å². The number of hydrogen-bond donors (Lipinski definition) is 0. The fourth-order valence-electron chi connectivity index (χ4n) is 2.88. The van der Waals surface area contributed by atoms with Crippen LogP contribution < -0.4 is 0 Å². The molecule has 1 atom stereocenters. The van der Waals surface area contributed by atoms with Crippen LogP contribution in [0, 0.1) is 5.92 Å². The van der Waals surface area contributed by atoms with Crippen molar-refractivity contribution in [1.82, 2.24) is 0 Å². The second kappa shape index (κ2) is 17.3.